The van der Waals surface area contributed by atoms with Crippen molar-refractivity contribution in [3.8, 4) is 11.5 Å². The third-order valence-corrected chi connectivity index (χ3v) is 5.86. The van der Waals surface area contributed by atoms with Gasteiger partial charge in [0.2, 0.25) is 0 Å². The molecule has 1 N–H and O–H groups in total. The molecule has 1 aliphatic carbocycles. The van der Waals surface area contributed by atoms with Crippen LogP contribution in [0.3, 0.4) is 0 Å². The first-order valence-electron chi connectivity index (χ1n) is 10.4. The van der Waals surface area contributed by atoms with Gasteiger partial charge >= 0.3 is 5.97 Å². The number of carboxylic acids is 1. The van der Waals surface area contributed by atoms with Gasteiger partial charge < -0.3 is 24.2 Å². The average molecular weight is 401 g/mol. The molecule has 1 saturated carbocycles. The van der Waals surface area contributed by atoms with Crippen LogP contribution in [0.5, 0.6) is 11.5 Å². The zero-order valence-electron chi connectivity index (χ0n) is 16.4. The summed E-state index contributed by atoms with van der Waals surface area (Å²) in [4.78, 5) is 25.7. The minimum Gasteiger partial charge on any atom is -0.492 e. The number of rotatable bonds is 7. The zero-order valence-corrected chi connectivity index (χ0v) is 16.4. The SMILES string of the molecule is O=C(O)C(CC1CCCCC1)N1CC(OC[C@H]2COc3ccccc3O2)=CC1=O. The summed E-state index contributed by atoms with van der Waals surface area (Å²) in [6.45, 7) is 0.787. The Morgan fingerprint density at radius 1 is 1.21 bits per heavy atom. The number of hydrogen-bond donors (Lipinski definition) is 1. The van der Waals surface area contributed by atoms with E-state index in [0.717, 1.165) is 25.7 Å². The number of nitrogens with zero attached hydrogens (tertiary/aromatic N) is 1. The van der Waals surface area contributed by atoms with E-state index < -0.39 is 12.0 Å². The molecule has 4 rings (SSSR count). The Morgan fingerprint density at radius 2 is 1.97 bits per heavy atom. The van der Waals surface area contributed by atoms with Crippen LogP contribution < -0.4 is 9.47 Å². The third-order valence-electron chi connectivity index (χ3n) is 5.86. The third kappa shape index (κ3) is 4.66. The van der Waals surface area contributed by atoms with E-state index in [1.807, 2.05) is 24.3 Å². The first-order chi connectivity index (χ1) is 14.1. The summed E-state index contributed by atoms with van der Waals surface area (Å²) in [7, 11) is 0. The van der Waals surface area contributed by atoms with Crippen molar-refractivity contribution in [2.24, 2.45) is 5.92 Å². The number of hydrogen-bond acceptors (Lipinski definition) is 5. The molecular formula is C22H27NO6. The van der Waals surface area contributed by atoms with Crippen LogP contribution in [0.4, 0.5) is 0 Å². The fourth-order valence-corrected chi connectivity index (χ4v) is 4.31. The van der Waals surface area contributed by atoms with Crippen LogP contribution in [0.15, 0.2) is 36.1 Å². The van der Waals surface area contributed by atoms with Gasteiger partial charge in [0.05, 0.1) is 6.54 Å². The van der Waals surface area contributed by atoms with Gasteiger partial charge in [0.25, 0.3) is 5.91 Å². The largest absolute Gasteiger partial charge is 0.492 e. The molecule has 29 heavy (non-hydrogen) atoms. The second kappa shape index (κ2) is 8.76. The Balaban J connectivity index is 1.31. The summed E-state index contributed by atoms with van der Waals surface area (Å²) >= 11 is 0. The molecule has 0 aromatic heterocycles. The molecular weight excluding hydrogens is 374 g/mol. The Bertz CT molecular complexity index is 785. The maximum Gasteiger partial charge on any atom is 0.326 e. The predicted molar refractivity (Wildman–Crippen MR) is 105 cm³/mol. The van der Waals surface area contributed by atoms with Gasteiger partial charge in [-0.05, 0) is 24.5 Å². The van der Waals surface area contributed by atoms with Crippen molar-refractivity contribution in [1.29, 1.82) is 0 Å². The summed E-state index contributed by atoms with van der Waals surface area (Å²) < 4.78 is 17.3. The predicted octanol–water partition coefficient (Wildman–Crippen LogP) is 2.99. The molecule has 0 radical (unpaired) electrons. The number of ether oxygens (including phenoxy) is 3. The maximum atomic E-state index is 12.4. The van der Waals surface area contributed by atoms with Crippen LogP contribution in [0.1, 0.15) is 38.5 Å². The maximum absolute atomic E-state index is 12.4. The minimum atomic E-state index is -0.945. The highest BCUT2D eigenvalue weighted by molar-refractivity contribution is 5.94. The number of carbonyl (C=O) groups is 2. The molecule has 2 aliphatic heterocycles. The van der Waals surface area contributed by atoms with E-state index >= 15 is 0 Å². The van der Waals surface area contributed by atoms with Gasteiger partial charge in [-0.15, -0.1) is 0 Å². The van der Waals surface area contributed by atoms with Gasteiger partial charge in [-0.3, -0.25) is 4.79 Å². The lowest BCUT2D eigenvalue weighted by Crippen LogP contribution is -2.44. The zero-order chi connectivity index (χ0) is 20.2. The first-order valence-corrected chi connectivity index (χ1v) is 10.4. The van der Waals surface area contributed by atoms with Crippen molar-refractivity contribution in [2.45, 2.75) is 50.7 Å². The van der Waals surface area contributed by atoms with Crippen molar-refractivity contribution < 1.29 is 28.9 Å². The lowest BCUT2D eigenvalue weighted by Gasteiger charge is -2.30. The average Bonchev–Trinajstić information content (AvgIpc) is 3.11. The Hall–Kier alpha value is -2.70. The number of aliphatic carboxylic acids is 1. The number of carboxylic acid groups (broad SMARTS) is 1. The van der Waals surface area contributed by atoms with Gasteiger partial charge in [-0.2, -0.15) is 0 Å². The van der Waals surface area contributed by atoms with Crippen LogP contribution in [0.2, 0.25) is 0 Å². The van der Waals surface area contributed by atoms with Crippen molar-refractivity contribution in [3.05, 3.63) is 36.1 Å². The topological polar surface area (TPSA) is 85.3 Å². The highest BCUT2D eigenvalue weighted by atomic mass is 16.6. The van der Waals surface area contributed by atoms with Gasteiger partial charge in [0.15, 0.2) is 17.6 Å². The highest BCUT2D eigenvalue weighted by Crippen LogP contribution is 2.32. The Kier molecular flexibility index (Phi) is 5.92. The van der Waals surface area contributed by atoms with Crippen LogP contribution in [0.25, 0.3) is 0 Å². The second-order valence-electron chi connectivity index (χ2n) is 7.98. The van der Waals surface area contributed by atoms with Crippen molar-refractivity contribution in [2.75, 3.05) is 19.8 Å². The second-order valence-corrected chi connectivity index (χ2v) is 7.98. The molecule has 156 valence electrons. The Morgan fingerprint density at radius 3 is 2.72 bits per heavy atom. The molecule has 7 heteroatoms. The molecule has 3 aliphatic rings. The molecule has 1 fully saturated rings. The normalized spacial score (nSPS) is 22.9. The van der Waals surface area contributed by atoms with E-state index in [0.29, 0.717) is 36.2 Å². The summed E-state index contributed by atoms with van der Waals surface area (Å²) in [5.41, 5.74) is 0. The van der Waals surface area contributed by atoms with Gasteiger partial charge in [0, 0.05) is 6.08 Å². The van der Waals surface area contributed by atoms with Crippen LogP contribution in [-0.4, -0.2) is 53.8 Å². The number of para-hydroxylation sites is 2. The minimum absolute atomic E-state index is 0.187. The number of carbonyl (C=O) groups excluding carboxylic acids is 1. The van der Waals surface area contributed by atoms with Crippen LogP contribution in [0, 0.1) is 5.92 Å². The molecule has 0 spiro atoms. The fraction of sp³-hybridized carbons (Fsp3) is 0.545. The molecule has 1 unspecified atom stereocenters. The Labute approximate surface area is 170 Å². The van der Waals surface area contributed by atoms with Crippen molar-refractivity contribution in [3.63, 3.8) is 0 Å². The molecule has 7 nitrogen and oxygen atoms in total. The molecule has 0 bridgehead atoms. The molecule has 2 atom stereocenters. The molecule has 1 amide bonds. The monoisotopic (exact) mass is 401 g/mol. The van der Waals surface area contributed by atoms with E-state index in [1.165, 1.54) is 17.4 Å². The number of fused-ring (bicyclic) bond motifs is 1. The van der Waals surface area contributed by atoms with Gasteiger partial charge in [0.1, 0.15) is 25.0 Å². The van der Waals surface area contributed by atoms with Crippen molar-refractivity contribution >= 4 is 11.9 Å². The van der Waals surface area contributed by atoms with E-state index in [1.54, 1.807) is 0 Å². The quantitative estimate of drug-likeness (QED) is 0.756. The van der Waals surface area contributed by atoms with Crippen LogP contribution in [-0.2, 0) is 14.3 Å². The van der Waals surface area contributed by atoms with Crippen LogP contribution >= 0.6 is 0 Å². The lowest BCUT2D eigenvalue weighted by molar-refractivity contribution is -0.148. The highest BCUT2D eigenvalue weighted by Gasteiger charge is 2.36. The van der Waals surface area contributed by atoms with E-state index in [4.69, 9.17) is 14.2 Å². The standard InChI is InChI=1S/C22H27NO6/c24-21-11-16(27-13-17-14-28-19-8-4-5-9-20(19)29-17)12-23(21)18(22(25)26)10-15-6-2-1-3-7-15/h4-5,8-9,11,15,17-18H,1-3,6-7,10,12-14H2,(H,25,26)/t17-,18?/m0/s1. The fourth-order valence-electron chi connectivity index (χ4n) is 4.31. The van der Waals surface area contributed by atoms with E-state index in [2.05, 4.69) is 0 Å². The summed E-state index contributed by atoms with van der Waals surface area (Å²) in [5, 5.41) is 9.70. The summed E-state index contributed by atoms with van der Waals surface area (Å²) in [6.07, 6.45) is 7.22. The molecule has 1 aromatic carbocycles. The summed E-state index contributed by atoms with van der Waals surface area (Å²) in [6, 6.07) is 6.64. The van der Waals surface area contributed by atoms with Gasteiger partial charge in [-0.1, -0.05) is 44.2 Å². The van der Waals surface area contributed by atoms with E-state index in [9.17, 15) is 14.7 Å². The van der Waals surface area contributed by atoms with Crippen molar-refractivity contribution in [1.82, 2.24) is 4.90 Å². The van der Waals surface area contributed by atoms with E-state index in [-0.39, 0.29) is 25.2 Å². The number of benzene rings is 1. The molecule has 2 heterocycles. The van der Waals surface area contributed by atoms with Gasteiger partial charge in [-0.25, -0.2) is 4.79 Å². The lowest BCUT2D eigenvalue weighted by atomic mass is 9.84. The first kappa shape index (κ1) is 19.6. The number of amides is 1. The summed E-state index contributed by atoms with van der Waals surface area (Å²) in [5.74, 6) is 0.984. The molecule has 1 aromatic rings. The molecule has 0 saturated heterocycles. The smallest absolute Gasteiger partial charge is 0.326 e.